The van der Waals surface area contributed by atoms with E-state index in [2.05, 4.69) is 85.4 Å². The van der Waals surface area contributed by atoms with Crippen molar-refractivity contribution >= 4 is 46.4 Å². The molecule has 5 heteroatoms. The van der Waals surface area contributed by atoms with Gasteiger partial charge in [0.15, 0.2) is 0 Å². The maximum Gasteiger partial charge on any atom is 0.116 e. The largest absolute Gasteiger partial charge is 0.508 e. The molecular formula is C35H28N4O. The van der Waals surface area contributed by atoms with E-state index in [4.69, 9.17) is 9.97 Å². The van der Waals surface area contributed by atoms with E-state index in [1.54, 1.807) is 12.1 Å². The number of nitrogens with one attached hydrogen (secondary N) is 2. The lowest BCUT2D eigenvalue weighted by molar-refractivity contribution is 0.475. The van der Waals surface area contributed by atoms with Crippen LogP contribution in [0.15, 0.2) is 72.8 Å². The smallest absolute Gasteiger partial charge is 0.116 e. The summed E-state index contributed by atoms with van der Waals surface area (Å²) in [5, 5.41) is 10.1. The molecule has 2 aromatic carbocycles. The summed E-state index contributed by atoms with van der Waals surface area (Å²) < 4.78 is 0. The van der Waals surface area contributed by atoms with E-state index in [9.17, 15) is 5.11 Å². The summed E-state index contributed by atoms with van der Waals surface area (Å²) in [5.41, 5.74) is 15.3. The number of fused-ring (bicyclic) bond motifs is 8. The maximum atomic E-state index is 10.1. The topological polar surface area (TPSA) is 77.6 Å². The summed E-state index contributed by atoms with van der Waals surface area (Å²) in [7, 11) is 0. The summed E-state index contributed by atoms with van der Waals surface area (Å²) in [6, 6.07) is 24.2. The van der Waals surface area contributed by atoms with Crippen molar-refractivity contribution in [2.75, 3.05) is 0 Å². The molecule has 0 saturated carbocycles. The Hall–Kier alpha value is -5.16. The van der Waals surface area contributed by atoms with Crippen molar-refractivity contribution in [3.8, 4) is 28.0 Å². The van der Waals surface area contributed by atoms with Crippen LogP contribution in [0.25, 0.3) is 68.6 Å². The van der Waals surface area contributed by atoms with Gasteiger partial charge in [-0.1, -0.05) is 24.3 Å². The van der Waals surface area contributed by atoms with Gasteiger partial charge in [-0.05, 0) is 121 Å². The van der Waals surface area contributed by atoms with Crippen molar-refractivity contribution in [2.45, 2.75) is 20.8 Å². The highest BCUT2D eigenvalue weighted by Gasteiger charge is 2.15. The van der Waals surface area contributed by atoms with E-state index in [1.165, 1.54) is 22.3 Å². The number of phenolic OH excluding ortho intramolecular Hbond substituents is 1. The summed E-state index contributed by atoms with van der Waals surface area (Å²) in [6.07, 6.45) is 8.19. The van der Waals surface area contributed by atoms with Crippen LogP contribution in [-0.2, 0) is 0 Å². The van der Waals surface area contributed by atoms with Crippen molar-refractivity contribution in [2.24, 2.45) is 0 Å². The standard InChI is InChI=1S/C35H28N4O/c1-20-7-12-30(22(3)21(20)2)35-32-13-10-25(37-32)16-24-8-9-27(36-24)19-34-31(23-5-4-6-29(40)15-23)18-28(39-34)17-26-11-14-33(35)38-26/h4-19,37,39-40H,1-3H3. The number of aromatic nitrogens is 4. The number of hydrogen-bond acceptors (Lipinski definition) is 3. The minimum absolute atomic E-state index is 0.231. The average molecular weight is 521 g/mol. The molecule has 0 unspecified atom stereocenters. The highest BCUT2D eigenvalue weighted by Crippen LogP contribution is 2.35. The molecule has 5 aromatic rings. The maximum absolute atomic E-state index is 10.1. The second-order valence-corrected chi connectivity index (χ2v) is 10.5. The fraction of sp³-hybridized carbons (Fsp3) is 0.0857. The lowest BCUT2D eigenvalue weighted by atomic mass is 9.93. The fourth-order valence-corrected chi connectivity index (χ4v) is 5.51. The molecule has 194 valence electrons. The first-order chi connectivity index (χ1) is 19.4. The van der Waals surface area contributed by atoms with Gasteiger partial charge in [-0.25, -0.2) is 9.97 Å². The monoisotopic (exact) mass is 520 g/mol. The van der Waals surface area contributed by atoms with Gasteiger partial charge in [0.25, 0.3) is 0 Å². The lowest BCUT2D eigenvalue weighted by Crippen LogP contribution is -1.93. The van der Waals surface area contributed by atoms with Crippen molar-refractivity contribution < 1.29 is 5.11 Å². The molecule has 0 fully saturated rings. The molecular weight excluding hydrogens is 492 g/mol. The molecule has 8 bridgehead atoms. The molecule has 3 N–H and O–H groups in total. The van der Waals surface area contributed by atoms with E-state index >= 15 is 0 Å². The normalized spacial score (nSPS) is 12.3. The van der Waals surface area contributed by atoms with Crippen LogP contribution in [0.5, 0.6) is 5.75 Å². The van der Waals surface area contributed by atoms with E-state index in [0.717, 1.165) is 61.5 Å². The Labute approximate surface area is 232 Å². The van der Waals surface area contributed by atoms with E-state index in [1.807, 2.05) is 30.4 Å². The van der Waals surface area contributed by atoms with Crippen LogP contribution in [-0.4, -0.2) is 25.0 Å². The molecule has 0 saturated heterocycles. The minimum Gasteiger partial charge on any atom is -0.508 e. The molecule has 2 aliphatic rings. The van der Waals surface area contributed by atoms with Crippen LogP contribution < -0.4 is 0 Å². The number of aromatic hydroxyl groups is 1. The van der Waals surface area contributed by atoms with Gasteiger partial charge in [0, 0.05) is 33.2 Å². The summed E-state index contributed by atoms with van der Waals surface area (Å²) in [6.45, 7) is 6.52. The van der Waals surface area contributed by atoms with Crippen LogP contribution >= 0.6 is 0 Å². The number of aryl methyl sites for hydroxylation is 1. The molecule has 5 heterocycles. The van der Waals surface area contributed by atoms with Crippen molar-refractivity contribution in [3.63, 3.8) is 0 Å². The molecule has 2 aliphatic heterocycles. The van der Waals surface area contributed by atoms with Crippen LogP contribution in [0.2, 0.25) is 0 Å². The number of hydrogen-bond donors (Lipinski definition) is 3. The average Bonchev–Trinajstić information content (AvgIpc) is 3.74. The fourth-order valence-electron chi connectivity index (χ4n) is 5.51. The number of phenols is 1. The SMILES string of the molecule is Cc1ccc(-c2c3nc(cc4cc(-c5cccc(O)c5)c(cc5nc(cc6ccc2[nH]6)C=C5)[nH]4)C=C3)c(C)c1C. The second kappa shape index (κ2) is 9.24. The zero-order valence-corrected chi connectivity index (χ0v) is 22.6. The summed E-state index contributed by atoms with van der Waals surface area (Å²) >= 11 is 0. The first kappa shape index (κ1) is 23.9. The molecule has 0 atom stereocenters. The third kappa shape index (κ3) is 4.22. The Kier molecular flexibility index (Phi) is 5.53. The third-order valence-corrected chi connectivity index (χ3v) is 7.83. The van der Waals surface area contributed by atoms with Crippen LogP contribution in [0.3, 0.4) is 0 Å². The van der Waals surface area contributed by atoms with Crippen LogP contribution in [0.4, 0.5) is 0 Å². The molecule has 7 rings (SSSR count). The molecule has 5 nitrogen and oxygen atoms in total. The summed E-state index contributed by atoms with van der Waals surface area (Å²) in [5.74, 6) is 0.231. The quantitative estimate of drug-likeness (QED) is 0.213. The molecule has 0 amide bonds. The Morgan fingerprint density at radius 1 is 0.600 bits per heavy atom. The molecule has 0 spiro atoms. The predicted molar refractivity (Wildman–Crippen MR) is 166 cm³/mol. The Morgan fingerprint density at radius 2 is 1.35 bits per heavy atom. The predicted octanol–water partition coefficient (Wildman–Crippen LogP) is 8.62. The Bertz CT molecular complexity index is 2060. The zero-order chi connectivity index (χ0) is 27.4. The number of nitrogens with zero attached hydrogens (tertiary/aromatic N) is 2. The molecule has 0 radical (unpaired) electrons. The van der Waals surface area contributed by atoms with Gasteiger partial charge in [0.2, 0.25) is 0 Å². The number of H-pyrrole nitrogens is 2. The summed E-state index contributed by atoms with van der Waals surface area (Å²) in [4.78, 5) is 17.1. The van der Waals surface area contributed by atoms with Crippen LogP contribution in [0, 0.1) is 20.8 Å². The number of rotatable bonds is 2. The Balaban J connectivity index is 1.57. The van der Waals surface area contributed by atoms with Gasteiger partial charge in [-0.2, -0.15) is 0 Å². The minimum atomic E-state index is 0.231. The third-order valence-electron chi connectivity index (χ3n) is 7.83. The Morgan fingerprint density at radius 3 is 2.20 bits per heavy atom. The van der Waals surface area contributed by atoms with Crippen molar-refractivity contribution in [1.82, 2.24) is 19.9 Å². The lowest BCUT2D eigenvalue weighted by Gasteiger charge is -2.12. The highest BCUT2D eigenvalue weighted by atomic mass is 16.3. The van der Waals surface area contributed by atoms with Gasteiger partial charge < -0.3 is 15.1 Å². The van der Waals surface area contributed by atoms with Gasteiger partial charge in [0.05, 0.1) is 22.8 Å². The van der Waals surface area contributed by atoms with Gasteiger partial charge in [-0.15, -0.1) is 0 Å². The molecule has 40 heavy (non-hydrogen) atoms. The van der Waals surface area contributed by atoms with Gasteiger partial charge >= 0.3 is 0 Å². The van der Waals surface area contributed by atoms with Crippen LogP contribution in [0.1, 0.15) is 39.5 Å². The van der Waals surface area contributed by atoms with Gasteiger partial charge in [0.1, 0.15) is 5.75 Å². The first-order valence-corrected chi connectivity index (χ1v) is 13.4. The first-order valence-electron chi connectivity index (χ1n) is 13.4. The van der Waals surface area contributed by atoms with Crippen molar-refractivity contribution in [1.29, 1.82) is 0 Å². The van der Waals surface area contributed by atoms with E-state index in [-0.39, 0.29) is 5.75 Å². The second-order valence-electron chi connectivity index (χ2n) is 10.5. The zero-order valence-electron chi connectivity index (χ0n) is 22.6. The number of aromatic amines is 2. The number of benzene rings is 2. The van der Waals surface area contributed by atoms with E-state index < -0.39 is 0 Å². The molecule has 3 aromatic heterocycles. The van der Waals surface area contributed by atoms with Gasteiger partial charge in [-0.3, -0.25) is 0 Å². The molecule has 0 aliphatic carbocycles. The van der Waals surface area contributed by atoms with E-state index in [0.29, 0.717) is 0 Å². The van der Waals surface area contributed by atoms with Crippen molar-refractivity contribution in [3.05, 3.63) is 112 Å². The highest BCUT2D eigenvalue weighted by molar-refractivity contribution is 5.93.